The van der Waals surface area contributed by atoms with Gasteiger partial charge in [-0.05, 0) is 25.1 Å². The van der Waals surface area contributed by atoms with E-state index in [-0.39, 0.29) is 0 Å². The molecule has 0 spiro atoms. The molecular weight excluding hydrogens is 200 g/mol. The van der Waals surface area contributed by atoms with Gasteiger partial charge in [-0.3, -0.25) is 4.79 Å². The summed E-state index contributed by atoms with van der Waals surface area (Å²) in [6.45, 7) is 3.14. The first kappa shape index (κ1) is 11.8. The van der Waals surface area contributed by atoms with E-state index in [9.17, 15) is 4.79 Å². The highest BCUT2D eigenvalue weighted by Crippen LogP contribution is 2.20. The number of carbonyl (C=O) groups excluding carboxylic acids is 1. The lowest BCUT2D eigenvalue weighted by Gasteiger charge is -2.21. The van der Waals surface area contributed by atoms with Crippen LogP contribution in [0.2, 0.25) is 0 Å². The van der Waals surface area contributed by atoms with E-state index in [1.54, 1.807) is 18.2 Å². The van der Waals surface area contributed by atoms with E-state index in [4.69, 9.17) is 11.7 Å². The van der Waals surface area contributed by atoms with Gasteiger partial charge < -0.3 is 4.90 Å². The maximum Gasteiger partial charge on any atom is 0.150 e. The Hall–Kier alpha value is -2.26. The van der Waals surface area contributed by atoms with E-state index in [1.807, 2.05) is 11.8 Å². The Morgan fingerprint density at radius 3 is 2.81 bits per heavy atom. The lowest BCUT2D eigenvalue weighted by molar-refractivity contribution is 0.112. The minimum Gasteiger partial charge on any atom is -0.360 e. The molecule has 0 amide bonds. The summed E-state index contributed by atoms with van der Waals surface area (Å²) in [6.07, 6.45) is 5.98. The number of benzene rings is 1. The number of aldehydes is 1. The van der Waals surface area contributed by atoms with Crippen LogP contribution >= 0.6 is 0 Å². The molecule has 0 aliphatic rings. The first-order valence-corrected chi connectivity index (χ1v) is 4.94. The Bertz CT molecular complexity index is 466. The van der Waals surface area contributed by atoms with Gasteiger partial charge in [-0.2, -0.15) is 5.26 Å². The highest BCUT2D eigenvalue weighted by molar-refractivity contribution is 5.78. The Labute approximate surface area is 95.3 Å². The van der Waals surface area contributed by atoms with Gasteiger partial charge in [0.2, 0.25) is 0 Å². The molecule has 1 aromatic carbocycles. The number of anilines is 1. The summed E-state index contributed by atoms with van der Waals surface area (Å²) in [5, 5.41) is 9.01. The van der Waals surface area contributed by atoms with Crippen molar-refractivity contribution >= 4 is 12.0 Å². The lowest BCUT2D eigenvalue weighted by Crippen LogP contribution is -2.23. The normalized spacial score (nSPS) is 8.94. The summed E-state index contributed by atoms with van der Waals surface area (Å²) < 4.78 is 0. The van der Waals surface area contributed by atoms with Crippen LogP contribution in [0.1, 0.15) is 22.8 Å². The smallest absolute Gasteiger partial charge is 0.150 e. The van der Waals surface area contributed by atoms with E-state index in [1.165, 1.54) is 0 Å². The van der Waals surface area contributed by atoms with Crippen LogP contribution in [0, 0.1) is 23.7 Å². The molecule has 0 saturated heterocycles. The topological polar surface area (TPSA) is 44.1 Å². The van der Waals surface area contributed by atoms with Crippen LogP contribution in [-0.2, 0) is 0 Å². The van der Waals surface area contributed by atoms with E-state index in [0.717, 1.165) is 18.5 Å². The number of hydrogen-bond donors (Lipinski definition) is 0. The molecule has 1 aromatic rings. The summed E-state index contributed by atoms with van der Waals surface area (Å²) in [5.41, 5.74) is 1.74. The van der Waals surface area contributed by atoms with Crippen molar-refractivity contribution in [2.24, 2.45) is 0 Å². The molecule has 0 aromatic heterocycles. The molecule has 3 nitrogen and oxygen atoms in total. The molecule has 0 N–H and O–H groups in total. The summed E-state index contributed by atoms with van der Waals surface area (Å²) in [6, 6.07) is 7.08. The van der Waals surface area contributed by atoms with E-state index >= 15 is 0 Å². The molecule has 3 heteroatoms. The zero-order valence-electron chi connectivity index (χ0n) is 9.10. The highest BCUT2D eigenvalue weighted by atomic mass is 16.1. The largest absolute Gasteiger partial charge is 0.360 e. The Morgan fingerprint density at radius 2 is 2.31 bits per heavy atom. The molecular formula is C13H12N2O. The van der Waals surface area contributed by atoms with Crippen molar-refractivity contribution in [1.82, 2.24) is 0 Å². The van der Waals surface area contributed by atoms with Crippen molar-refractivity contribution < 1.29 is 4.79 Å². The molecule has 0 heterocycles. The minimum absolute atomic E-state index is 0.450. The average molecular weight is 212 g/mol. The van der Waals surface area contributed by atoms with Crippen LogP contribution in [-0.4, -0.2) is 19.4 Å². The molecule has 16 heavy (non-hydrogen) atoms. The SMILES string of the molecule is C#CCN(CC)c1ccc(C=O)cc1C#N. The third-order valence-electron chi connectivity index (χ3n) is 2.28. The van der Waals surface area contributed by atoms with Crippen molar-refractivity contribution in [3.05, 3.63) is 29.3 Å². The predicted molar refractivity (Wildman–Crippen MR) is 63.3 cm³/mol. The number of rotatable bonds is 4. The molecule has 0 unspecified atom stereocenters. The standard InChI is InChI=1S/C13H12N2O/c1-3-7-15(4-2)13-6-5-11(10-16)8-12(13)9-14/h1,5-6,8,10H,4,7H2,2H3. The van der Waals surface area contributed by atoms with E-state index in [0.29, 0.717) is 17.7 Å². The number of carbonyl (C=O) groups is 1. The quantitative estimate of drug-likeness (QED) is 0.565. The Balaban J connectivity index is 3.18. The number of hydrogen-bond acceptors (Lipinski definition) is 3. The van der Waals surface area contributed by atoms with Crippen LogP contribution in [0.5, 0.6) is 0 Å². The van der Waals surface area contributed by atoms with Crippen LogP contribution in [0.3, 0.4) is 0 Å². The van der Waals surface area contributed by atoms with E-state index in [2.05, 4.69) is 12.0 Å². The fraction of sp³-hybridized carbons (Fsp3) is 0.231. The van der Waals surface area contributed by atoms with Gasteiger partial charge in [0.25, 0.3) is 0 Å². The summed E-state index contributed by atoms with van der Waals surface area (Å²) in [7, 11) is 0. The van der Waals surface area contributed by atoms with Gasteiger partial charge in [-0.25, -0.2) is 0 Å². The van der Waals surface area contributed by atoms with Crippen molar-refractivity contribution in [1.29, 1.82) is 5.26 Å². The second-order valence-corrected chi connectivity index (χ2v) is 3.22. The summed E-state index contributed by atoms with van der Waals surface area (Å²) in [4.78, 5) is 12.5. The highest BCUT2D eigenvalue weighted by Gasteiger charge is 2.09. The van der Waals surface area contributed by atoms with Crippen LogP contribution in [0.25, 0.3) is 0 Å². The number of nitrogens with zero attached hydrogens (tertiary/aromatic N) is 2. The molecule has 80 valence electrons. The fourth-order valence-corrected chi connectivity index (χ4v) is 1.47. The van der Waals surface area contributed by atoms with Gasteiger partial charge in [-0.15, -0.1) is 6.42 Å². The average Bonchev–Trinajstić information content (AvgIpc) is 2.35. The van der Waals surface area contributed by atoms with Crippen molar-refractivity contribution in [3.63, 3.8) is 0 Å². The van der Waals surface area contributed by atoms with Gasteiger partial charge in [0, 0.05) is 12.1 Å². The van der Waals surface area contributed by atoms with Gasteiger partial charge >= 0.3 is 0 Å². The van der Waals surface area contributed by atoms with Crippen molar-refractivity contribution in [3.8, 4) is 18.4 Å². The van der Waals surface area contributed by atoms with Crippen molar-refractivity contribution in [2.45, 2.75) is 6.92 Å². The van der Waals surface area contributed by atoms with E-state index < -0.39 is 0 Å². The molecule has 0 radical (unpaired) electrons. The molecule has 0 fully saturated rings. The van der Waals surface area contributed by atoms with Gasteiger partial charge in [0.05, 0.1) is 17.8 Å². The molecule has 0 saturated carbocycles. The van der Waals surface area contributed by atoms with Crippen molar-refractivity contribution in [2.75, 3.05) is 18.0 Å². The molecule has 0 atom stereocenters. The zero-order chi connectivity index (χ0) is 12.0. The first-order valence-electron chi connectivity index (χ1n) is 4.94. The van der Waals surface area contributed by atoms with Gasteiger partial charge in [-0.1, -0.05) is 5.92 Å². The molecule has 0 bridgehead atoms. The molecule has 0 aliphatic heterocycles. The predicted octanol–water partition coefficient (Wildman–Crippen LogP) is 1.83. The zero-order valence-corrected chi connectivity index (χ0v) is 9.10. The number of nitriles is 1. The van der Waals surface area contributed by atoms with Crippen LogP contribution in [0.15, 0.2) is 18.2 Å². The first-order chi connectivity index (χ1) is 7.76. The Kier molecular flexibility index (Phi) is 4.12. The monoisotopic (exact) mass is 212 g/mol. The second-order valence-electron chi connectivity index (χ2n) is 3.22. The maximum atomic E-state index is 10.6. The second kappa shape index (κ2) is 5.58. The fourth-order valence-electron chi connectivity index (χ4n) is 1.47. The third-order valence-corrected chi connectivity index (χ3v) is 2.28. The number of terminal acetylenes is 1. The Morgan fingerprint density at radius 1 is 1.56 bits per heavy atom. The lowest BCUT2D eigenvalue weighted by atomic mass is 10.1. The van der Waals surface area contributed by atoms with Crippen LogP contribution in [0.4, 0.5) is 5.69 Å². The third kappa shape index (κ3) is 2.40. The van der Waals surface area contributed by atoms with Gasteiger partial charge in [0.1, 0.15) is 12.4 Å². The maximum absolute atomic E-state index is 10.6. The molecule has 1 rings (SSSR count). The summed E-state index contributed by atoms with van der Waals surface area (Å²) in [5.74, 6) is 2.54. The van der Waals surface area contributed by atoms with Crippen LogP contribution < -0.4 is 4.90 Å². The minimum atomic E-state index is 0.450. The van der Waals surface area contributed by atoms with Gasteiger partial charge in [0.15, 0.2) is 0 Å². The summed E-state index contributed by atoms with van der Waals surface area (Å²) >= 11 is 0. The molecule has 0 aliphatic carbocycles.